The van der Waals surface area contributed by atoms with Gasteiger partial charge in [0, 0.05) is 19.6 Å². The molecule has 1 saturated heterocycles. The van der Waals surface area contributed by atoms with E-state index in [1.807, 2.05) is 13.8 Å². The summed E-state index contributed by atoms with van der Waals surface area (Å²) in [6.07, 6.45) is 0.723. The predicted molar refractivity (Wildman–Crippen MR) is 62.0 cm³/mol. The number of rotatable bonds is 4. The molecule has 0 spiro atoms. The molecule has 0 amide bonds. The van der Waals surface area contributed by atoms with Crippen LogP contribution in [0.4, 0.5) is 0 Å². The molecule has 16 heavy (non-hydrogen) atoms. The lowest BCUT2D eigenvalue weighted by Crippen LogP contribution is -2.39. The van der Waals surface area contributed by atoms with E-state index in [0.29, 0.717) is 19.0 Å². The van der Waals surface area contributed by atoms with Gasteiger partial charge in [-0.1, -0.05) is 13.8 Å². The standard InChI is InChI=1S/C12H23NO3/c1-5-12(3,15)8-13-6-9(2)10(7-13)11(14)16-4/h9-10,15H,5-8H2,1-4H3. The number of hydrogen-bond acceptors (Lipinski definition) is 4. The highest BCUT2D eigenvalue weighted by atomic mass is 16.5. The Bertz CT molecular complexity index is 253. The molecular formula is C12H23NO3. The van der Waals surface area contributed by atoms with Gasteiger partial charge in [-0.2, -0.15) is 0 Å². The molecule has 1 heterocycles. The van der Waals surface area contributed by atoms with Crippen molar-refractivity contribution in [1.29, 1.82) is 0 Å². The van der Waals surface area contributed by atoms with Crippen LogP contribution in [-0.2, 0) is 9.53 Å². The molecule has 0 aromatic carbocycles. The fraction of sp³-hybridized carbons (Fsp3) is 0.917. The Hall–Kier alpha value is -0.610. The third kappa shape index (κ3) is 3.19. The van der Waals surface area contributed by atoms with Crippen molar-refractivity contribution < 1.29 is 14.6 Å². The lowest BCUT2D eigenvalue weighted by atomic mass is 9.99. The molecule has 3 unspecified atom stereocenters. The van der Waals surface area contributed by atoms with Crippen molar-refractivity contribution in [3.05, 3.63) is 0 Å². The Balaban J connectivity index is 2.53. The summed E-state index contributed by atoms with van der Waals surface area (Å²) in [5.41, 5.74) is -0.662. The maximum atomic E-state index is 11.5. The molecule has 94 valence electrons. The molecular weight excluding hydrogens is 206 g/mol. The second kappa shape index (κ2) is 5.15. The number of likely N-dealkylation sites (tertiary alicyclic amines) is 1. The number of esters is 1. The Labute approximate surface area is 97.6 Å². The molecule has 1 rings (SSSR count). The van der Waals surface area contributed by atoms with Gasteiger partial charge in [0.05, 0.1) is 18.6 Å². The molecule has 0 aromatic heterocycles. The van der Waals surface area contributed by atoms with E-state index >= 15 is 0 Å². The average molecular weight is 229 g/mol. The second-order valence-corrected chi connectivity index (χ2v) is 5.15. The molecule has 1 aliphatic heterocycles. The summed E-state index contributed by atoms with van der Waals surface area (Å²) in [6.45, 7) is 8.05. The van der Waals surface area contributed by atoms with Gasteiger partial charge in [0.1, 0.15) is 0 Å². The Kier molecular flexibility index (Phi) is 4.33. The number of β-amino-alcohol motifs (C(OH)–C–C–N with tert-alkyl or cyclic N) is 1. The van der Waals surface area contributed by atoms with Gasteiger partial charge >= 0.3 is 5.97 Å². The lowest BCUT2D eigenvalue weighted by molar-refractivity contribution is -0.146. The van der Waals surface area contributed by atoms with Gasteiger partial charge in [0.2, 0.25) is 0 Å². The molecule has 0 saturated carbocycles. The van der Waals surface area contributed by atoms with E-state index in [-0.39, 0.29) is 11.9 Å². The second-order valence-electron chi connectivity index (χ2n) is 5.15. The Morgan fingerprint density at radius 2 is 2.19 bits per heavy atom. The number of methoxy groups -OCH3 is 1. The van der Waals surface area contributed by atoms with Crippen LogP contribution in [0, 0.1) is 11.8 Å². The Morgan fingerprint density at radius 3 is 2.69 bits per heavy atom. The first-order valence-electron chi connectivity index (χ1n) is 5.92. The van der Waals surface area contributed by atoms with Crippen LogP contribution in [0.15, 0.2) is 0 Å². The number of nitrogens with zero attached hydrogens (tertiary/aromatic N) is 1. The average Bonchev–Trinajstić information content (AvgIpc) is 2.57. The minimum Gasteiger partial charge on any atom is -0.469 e. The summed E-state index contributed by atoms with van der Waals surface area (Å²) in [6, 6.07) is 0. The molecule has 1 fully saturated rings. The predicted octanol–water partition coefficient (Wildman–Crippen LogP) is 0.888. The number of carbonyl (C=O) groups is 1. The summed E-state index contributed by atoms with van der Waals surface area (Å²) >= 11 is 0. The minimum atomic E-state index is -0.662. The minimum absolute atomic E-state index is 0.0438. The third-order valence-electron chi connectivity index (χ3n) is 3.52. The third-order valence-corrected chi connectivity index (χ3v) is 3.52. The van der Waals surface area contributed by atoms with E-state index < -0.39 is 5.60 Å². The zero-order valence-corrected chi connectivity index (χ0v) is 10.7. The largest absolute Gasteiger partial charge is 0.469 e. The van der Waals surface area contributed by atoms with Crippen LogP contribution in [0.3, 0.4) is 0 Å². The first-order valence-corrected chi connectivity index (χ1v) is 5.92. The summed E-state index contributed by atoms with van der Waals surface area (Å²) in [7, 11) is 1.43. The van der Waals surface area contributed by atoms with Gasteiger partial charge in [0.15, 0.2) is 0 Å². The van der Waals surface area contributed by atoms with E-state index in [1.165, 1.54) is 7.11 Å². The van der Waals surface area contributed by atoms with Crippen LogP contribution in [0.5, 0.6) is 0 Å². The van der Waals surface area contributed by atoms with Gasteiger partial charge in [-0.3, -0.25) is 9.69 Å². The molecule has 4 nitrogen and oxygen atoms in total. The van der Waals surface area contributed by atoms with Gasteiger partial charge < -0.3 is 9.84 Å². The number of carbonyl (C=O) groups excluding carboxylic acids is 1. The van der Waals surface area contributed by atoms with Crippen molar-refractivity contribution in [2.75, 3.05) is 26.7 Å². The summed E-state index contributed by atoms with van der Waals surface area (Å²) < 4.78 is 4.78. The smallest absolute Gasteiger partial charge is 0.310 e. The molecule has 3 atom stereocenters. The molecule has 0 radical (unpaired) electrons. The molecule has 1 aliphatic rings. The molecule has 0 aromatic rings. The molecule has 4 heteroatoms. The zero-order chi connectivity index (χ0) is 12.3. The summed E-state index contributed by atoms with van der Waals surface area (Å²) in [5, 5.41) is 9.99. The first kappa shape index (κ1) is 13.5. The fourth-order valence-corrected chi connectivity index (χ4v) is 2.25. The SMILES string of the molecule is CCC(C)(O)CN1CC(C)C(C(=O)OC)C1. The van der Waals surface area contributed by atoms with Crippen LogP contribution >= 0.6 is 0 Å². The molecule has 0 bridgehead atoms. The number of hydrogen-bond donors (Lipinski definition) is 1. The molecule has 1 N–H and O–H groups in total. The van der Waals surface area contributed by atoms with Crippen molar-refractivity contribution in [2.45, 2.75) is 32.8 Å². The molecule has 0 aliphatic carbocycles. The van der Waals surface area contributed by atoms with Crippen molar-refractivity contribution in [2.24, 2.45) is 11.8 Å². The van der Waals surface area contributed by atoms with Crippen molar-refractivity contribution in [1.82, 2.24) is 4.90 Å². The van der Waals surface area contributed by atoms with Gasteiger partial charge in [-0.15, -0.1) is 0 Å². The van der Waals surface area contributed by atoms with Crippen LogP contribution in [0.1, 0.15) is 27.2 Å². The van der Waals surface area contributed by atoms with E-state index in [0.717, 1.165) is 13.0 Å². The van der Waals surface area contributed by atoms with E-state index in [9.17, 15) is 9.90 Å². The van der Waals surface area contributed by atoms with Gasteiger partial charge in [-0.25, -0.2) is 0 Å². The zero-order valence-electron chi connectivity index (χ0n) is 10.7. The van der Waals surface area contributed by atoms with Gasteiger partial charge in [-0.05, 0) is 19.3 Å². The fourth-order valence-electron chi connectivity index (χ4n) is 2.25. The van der Waals surface area contributed by atoms with Crippen LogP contribution in [0.2, 0.25) is 0 Å². The van der Waals surface area contributed by atoms with Crippen molar-refractivity contribution in [3.63, 3.8) is 0 Å². The van der Waals surface area contributed by atoms with Gasteiger partial charge in [0.25, 0.3) is 0 Å². The monoisotopic (exact) mass is 229 g/mol. The topological polar surface area (TPSA) is 49.8 Å². The lowest BCUT2D eigenvalue weighted by Gasteiger charge is -2.27. The number of aliphatic hydroxyl groups is 1. The highest BCUT2D eigenvalue weighted by Crippen LogP contribution is 2.25. The Morgan fingerprint density at radius 1 is 1.56 bits per heavy atom. The van der Waals surface area contributed by atoms with Crippen LogP contribution in [0.25, 0.3) is 0 Å². The van der Waals surface area contributed by atoms with E-state index in [2.05, 4.69) is 11.8 Å². The van der Waals surface area contributed by atoms with Crippen molar-refractivity contribution in [3.8, 4) is 0 Å². The highest BCUT2D eigenvalue weighted by Gasteiger charge is 2.37. The summed E-state index contributed by atoms with van der Waals surface area (Å²) in [4.78, 5) is 13.6. The van der Waals surface area contributed by atoms with Crippen LogP contribution in [-0.4, -0.2) is 48.3 Å². The quantitative estimate of drug-likeness (QED) is 0.727. The highest BCUT2D eigenvalue weighted by molar-refractivity contribution is 5.73. The van der Waals surface area contributed by atoms with E-state index in [1.54, 1.807) is 0 Å². The van der Waals surface area contributed by atoms with E-state index in [4.69, 9.17) is 4.74 Å². The normalized spacial score (nSPS) is 30.1. The first-order chi connectivity index (χ1) is 7.39. The maximum Gasteiger partial charge on any atom is 0.310 e. The summed E-state index contributed by atoms with van der Waals surface area (Å²) in [5.74, 6) is 0.129. The maximum absolute atomic E-state index is 11.5. The van der Waals surface area contributed by atoms with Crippen LogP contribution < -0.4 is 0 Å². The van der Waals surface area contributed by atoms with Crippen molar-refractivity contribution >= 4 is 5.97 Å². The number of ether oxygens (including phenoxy) is 1.